The van der Waals surface area contributed by atoms with Gasteiger partial charge in [-0.1, -0.05) is 52.0 Å². The molecule has 0 saturated carbocycles. The first-order valence-electron chi connectivity index (χ1n) is 9.75. The van der Waals surface area contributed by atoms with Gasteiger partial charge in [0.1, 0.15) is 5.82 Å². The summed E-state index contributed by atoms with van der Waals surface area (Å²) >= 11 is 0. The highest BCUT2D eigenvalue weighted by atomic mass is 19.1. The van der Waals surface area contributed by atoms with Crippen LogP contribution in [0.1, 0.15) is 57.2 Å². The lowest BCUT2D eigenvalue weighted by Gasteiger charge is -2.40. The van der Waals surface area contributed by atoms with E-state index in [1.165, 1.54) is 27.6 Å². The summed E-state index contributed by atoms with van der Waals surface area (Å²) in [6, 6.07) is 12.4. The minimum atomic E-state index is -0.334. The molecule has 0 radical (unpaired) electrons. The van der Waals surface area contributed by atoms with Gasteiger partial charge in [-0.2, -0.15) is 4.57 Å². The molecule has 5 rings (SSSR count). The lowest BCUT2D eigenvalue weighted by atomic mass is 9.65. The summed E-state index contributed by atoms with van der Waals surface area (Å²) in [5, 5.41) is 2.57. The number of hydrogen-bond acceptors (Lipinski definition) is 0. The summed E-state index contributed by atoms with van der Waals surface area (Å²) in [4.78, 5) is 0. The summed E-state index contributed by atoms with van der Waals surface area (Å²) in [5.41, 5.74) is 5.54. The Morgan fingerprint density at radius 1 is 1.04 bits per heavy atom. The van der Waals surface area contributed by atoms with Crippen LogP contribution in [-0.4, -0.2) is 0 Å². The van der Waals surface area contributed by atoms with Crippen molar-refractivity contribution in [3.63, 3.8) is 0 Å². The highest BCUT2D eigenvalue weighted by Crippen LogP contribution is 2.52. The quantitative estimate of drug-likeness (QED) is 0.528. The van der Waals surface area contributed by atoms with Gasteiger partial charge in [0, 0.05) is 36.3 Å². The Morgan fingerprint density at radius 2 is 1.81 bits per heavy atom. The monoisotopic (exact) mass is 346 g/mol. The number of aromatic nitrogens is 1. The van der Waals surface area contributed by atoms with E-state index >= 15 is 4.39 Å². The topological polar surface area (TPSA) is 3.88 Å². The largest absolute Gasteiger partial charge is 0.221 e. The van der Waals surface area contributed by atoms with Crippen LogP contribution >= 0.6 is 0 Å². The van der Waals surface area contributed by atoms with E-state index in [0.717, 1.165) is 30.4 Å². The van der Waals surface area contributed by atoms with Gasteiger partial charge in [0.05, 0.1) is 10.9 Å². The molecule has 1 nitrogen and oxygen atoms in total. The molecule has 0 unspecified atom stereocenters. The van der Waals surface area contributed by atoms with Crippen LogP contribution in [0.2, 0.25) is 0 Å². The van der Waals surface area contributed by atoms with Crippen LogP contribution in [0.25, 0.3) is 22.0 Å². The molecule has 2 aliphatic rings. The van der Waals surface area contributed by atoms with Crippen molar-refractivity contribution < 1.29 is 8.96 Å². The molecule has 0 bridgehead atoms. The SMILES string of the molecule is CCC1(CC)Cc2ccc(F)c3c2-c2c4c(cccc4cc[n+]21)C3(C)C. The second kappa shape index (κ2) is 4.94. The zero-order valence-corrected chi connectivity index (χ0v) is 16.0. The molecular formula is C24H25FN+. The Labute approximate surface area is 154 Å². The summed E-state index contributed by atoms with van der Waals surface area (Å²) in [7, 11) is 0. The average Bonchev–Trinajstić information content (AvgIpc) is 2.65. The molecule has 2 aromatic carbocycles. The Morgan fingerprint density at radius 3 is 2.54 bits per heavy atom. The lowest BCUT2D eigenvalue weighted by Crippen LogP contribution is -2.61. The average molecular weight is 346 g/mol. The minimum Gasteiger partial charge on any atom is -0.207 e. The fraction of sp³-hybridized carbons (Fsp3) is 0.375. The maximum Gasteiger partial charge on any atom is 0.221 e. The number of rotatable bonds is 2. The molecule has 2 heterocycles. The molecule has 0 saturated heterocycles. The number of benzene rings is 2. The fourth-order valence-electron chi connectivity index (χ4n) is 5.55. The van der Waals surface area contributed by atoms with Crippen LogP contribution in [-0.2, 0) is 17.4 Å². The zero-order valence-electron chi connectivity index (χ0n) is 16.0. The van der Waals surface area contributed by atoms with E-state index in [9.17, 15) is 0 Å². The van der Waals surface area contributed by atoms with Crippen molar-refractivity contribution in [2.75, 3.05) is 0 Å². The molecule has 1 aromatic heterocycles. The van der Waals surface area contributed by atoms with Crippen molar-refractivity contribution in [3.05, 3.63) is 65.1 Å². The van der Waals surface area contributed by atoms with Crippen LogP contribution in [0.4, 0.5) is 4.39 Å². The maximum absolute atomic E-state index is 15.1. The van der Waals surface area contributed by atoms with E-state index in [1.54, 1.807) is 6.07 Å². The molecule has 1 aliphatic carbocycles. The van der Waals surface area contributed by atoms with Crippen molar-refractivity contribution in [2.24, 2.45) is 0 Å². The number of hydrogen-bond donors (Lipinski definition) is 0. The van der Waals surface area contributed by atoms with Gasteiger partial charge in [-0.3, -0.25) is 0 Å². The van der Waals surface area contributed by atoms with Gasteiger partial charge in [0.25, 0.3) is 0 Å². The van der Waals surface area contributed by atoms with Gasteiger partial charge >= 0.3 is 0 Å². The van der Waals surface area contributed by atoms with Crippen molar-refractivity contribution >= 4 is 10.8 Å². The highest BCUT2D eigenvalue weighted by Gasteiger charge is 2.49. The second-order valence-corrected chi connectivity index (χ2v) is 8.49. The third-order valence-electron chi connectivity index (χ3n) is 7.10. The Hall–Kier alpha value is -2.22. The molecule has 3 aromatic rings. The van der Waals surface area contributed by atoms with Crippen molar-refractivity contribution in [2.45, 2.75) is 57.9 Å². The van der Waals surface area contributed by atoms with E-state index < -0.39 is 0 Å². The molecule has 1 aliphatic heterocycles. The smallest absolute Gasteiger partial charge is 0.207 e. The predicted molar refractivity (Wildman–Crippen MR) is 104 cm³/mol. The van der Waals surface area contributed by atoms with Gasteiger partial charge in [-0.15, -0.1) is 0 Å². The third-order valence-corrected chi connectivity index (χ3v) is 7.10. The number of halogens is 1. The first-order chi connectivity index (χ1) is 12.4. The van der Waals surface area contributed by atoms with Crippen LogP contribution in [0.5, 0.6) is 0 Å². The van der Waals surface area contributed by atoms with E-state index in [1.807, 2.05) is 6.07 Å². The van der Waals surface area contributed by atoms with Gasteiger partial charge in [0.15, 0.2) is 11.7 Å². The molecule has 0 atom stereocenters. The number of pyridine rings is 1. The normalized spacial score (nSPS) is 18.2. The van der Waals surface area contributed by atoms with Crippen molar-refractivity contribution in [3.8, 4) is 11.3 Å². The predicted octanol–water partition coefficient (Wildman–Crippen LogP) is 5.64. The number of nitrogens with zero attached hydrogens (tertiary/aromatic N) is 1. The summed E-state index contributed by atoms with van der Waals surface area (Å²) in [6.07, 6.45) is 5.36. The molecule has 0 amide bonds. The molecule has 0 fully saturated rings. The van der Waals surface area contributed by atoms with E-state index in [-0.39, 0.29) is 16.8 Å². The Balaban J connectivity index is 2.07. The molecule has 0 spiro atoms. The second-order valence-electron chi connectivity index (χ2n) is 8.49. The first-order valence-corrected chi connectivity index (χ1v) is 9.75. The maximum atomic E-state index is 15.1. The van der Waals surface area contributed by atoms with Crippen LogP contribution in [0.3, 0.4) is 0 Å². The first kappa shape index (κ1) is 16.0. The van der Waals surface area contributed by atoms with E-state index in [2.05, 4.69) is 62.7 Å². The van der Waals surface area contributed by atoms with Gasteiger partial charge in [-0.25, -0.2) is 4.39 Å². The Bertz CT molecular complexity index is 1070. The molecule has 26 heavy (non-hydrogen) atoms. The van der Waals surface area contributed by atoms with Gasteiger partial charge in [-0.05, 0) is 22.6 Å². The summed E-state index contributed by atoms with van der Waals surface area (Å²) < 4.78 is 17.6. The third kappa shape index (κ3) is 1.68. The van der Waals surface area contributed by atoms with Crippen LogP contribution in [0, 0.1) is 5.82 Å². The molecule has 0 N–H and O–H groups in total. The standard InChI is InChI=1S/C24H25FN/c1-5-24(6-2)14-16-10-11-18(25)21-20(16)22-19-15(12-13-26(22)24)8-7-9-17(19)23(21,3)4/h7-13H,5-6,14H2,1-4H3/q+1. The highest BCUT2D eigenvalue weighted by molar-refractivity contribution is 6.01. The Kier molecular flexibility index (Phi) is 3.04. The molecule has 2 heteroatoms. The van der Waals surface area contributed by atoms with Gasteiger partial charge < -0.3 is 0 Å². The van der Waals surface area contributed by atoms with Crippen molar-refractivity contribution in [1.29, 1.82) is 0 Å². The zero-order chi connectivity index (χ0) is 18.3. The lowest BCUT2D eigenvalue weighted by molar-refractivity contribution is -0.757. The van der Waals surface area contributed by atoms with E-state index in [4.69, 9.17) is 0 Å². The molecule has 132 valence electrons. The van der Waals surface area contributed by atoms with Crippen LogP contribution in [0.15, 0.2) is 42.6 Å². The van der Waals surface area contributed by atoms with Crippen molar-refractivity contribution in [1.82, 2.24) is 0 Å². The fourth-order valence-corrected chi connectivity index (χ4v) is 5.55. The minimum absolute atomic E-state index is 0.0697. The van der Waals surface area contributed by atoms with Gasteiger partial charge in [0.2, 0.25) is 5.69 Å². The van der Waals surface area contributed by atoms with Crippen LogP contribution < -0.4 is 4.57 Å². The van der Waals surface area contributed by atoms with E-state index in [0.29, 0.717) is 0 Å². The summed E-state index contributed by atoms with van der Waals surface area (Å²) in [6.45, 7) is 8.90. The summed E-state index contributed by atoms with van der Waals surface area (Å²) in [5.74, 6) is -0.0766. The molecular weight excluding hydrogens is 321 g/mol.